The number of aliphatic hydroxyl groups is 1. The number of carbonyl (C=O) groups excluding carboxylic acids is 1. The number of hydrogen-bond donors (Lipinski definition) is 1. The maximum absolute atomic E-state index is 13.0. The molecule has 0 bridgehead atoms. The lowest BCUT2D eigenvalue weighted by Gasteiger charge is -2.36. The van der Waals surface area contributed by atoms with Crippen molar-refractivity contribution in [2.24, 2.45) is 0 Å². The van der Waals surface area contributed by atoms with Crippen LogP contribution in [0, 0.1) is 5.82 Å². The van der Waals surface area contributed by atoms with Crippen LogP contribution in [-0.4, -0.2) is 61.2 Å². The zero-order valence-corrected chi connectivity index (χ0v) is 16.6. The molecule has 2 aromatic carbocycles. The summed E-state index contributed by atoms with van der Waals surface area (Å²) >= 11 is 0. The third-order valence-corrected chi connectivity index (χ3v) is 4.74. The zero-order valence-electron chi connectivity index (χ0n) is 15.9. The van der Waals surface area contributed by atoms with Gasteiger partial charge in [-0.1, -0.05) is 0 Å². The van der Waals surface area contributed by atoms with Gasteiger partial charge in [0.1, 0.15) is 24.3 Å². The summed E-state index contributed by atoms with van der Waals surface area (Å²) in [4.78, 5) is 15.7. The highest BCUT2D eigenvalue weighted by Crippen LogP contribution is 2.17. The molecule has 0 radical (unpaired) electrons. The van der Waals surface area contributed by atoms with E-state index in [-0.39, 0.29) is 30.6 Å². The van der Waals surface area contributed by atoms with Crippen LogP contribution in [0.4, 0.5) is 10.1 Å². The lowest BCUT2D eigenvalue weighted by Crippen LogP contribution is -3.00. The van der Waals surface area contributed by atoms with E-state index in [1.807, 2.05) is 0 Å². The number of benzene rings is 2. The van der Waals surface area contributed by atoms with Gasteiger partial charge in [-0.05, 0) is 55.5 Å². The molecule has 2 aromatic rings. The number of ether oxygens (including phenoxy) is 1. The molecule has 0 amide bonds. The summed E-state index contributed by atoms with van der Waals surface area (Å²) in [6.07, 6.45) is -0.588. The van der Waals surface area contributed by atoms with Gasteiger partial charge in [0.2, 0.25) is 0 Å². The summed E-state index contributed by atoms with van der Waals surface area (Å²) in [6, 6.07) is 13.5. The fraction of sp³-hybridized carbons (Fsp3) is 0.381. The molecule has 0 spiro atoms. The molecule has 1 aliphatic heterocycles. The highest BCUT2D eigenvalue weighted by atomic mass is 35.5. The van der Waals surface area contributed by atoms with Gasteiger partial charge in [0.15, 0.2) is 5.78 Å². The molecule has 1 N–H and O–H groups in total. The molecule has 28 heavy (non-hydrogen) atoms. The van der Waals surface area contributed by atoms with Gasteiger partial charge in [-0.25, -0.2) is 4.39 Å². The van der Waals surface area contributed by atoms with Crippen LogP contribution in [0.25, 0.3) is 0 Å². The number of rotatable bonds is 7. The molecule has 3 rings (SSSR count). The summed E-state index contributed by atoms with van der Waals surface area (Å²) in [5, 5.41) is 10.2. The van der Waals surface area contributed by atoms with Crippen molar-refractivity contribution in [2.75, 3.05) is 44.2 Å². The van der Waals surface area contributed by atoms with E-state index in [0.29, 0.717) is 17.9 Å². The van der Waals surface area contributed by atoms with E-state index in [4.69, 9.17) is 4.74 Å². The molecule has 1 aliphatic rings. The fourth-order valence-electron chi connectivity index (χ4n) is 3.17. The first-order valence-corrected chi connectivity index (χ1v) is 9.16. The molecule has 152 valence electrons. The van der Waals surface area contributed by atoms with Crippen LogP contribution in [0.2, 0.25) is 0 Å². The highest BCUT2D eigenvalue weighted by molar-refractivity contribution is 5.94. The van der Waals surface area contributed by atoms with Crippen LogP contribution in [0.15, 0.2) is 48.5 Å². The van der Waals surface area contributed by atoms with Crippen molar-refractivity contribution in [1.82, 2.24) is 4.90 Å². The van der Waals surface area contributed by atoms with Crippen molar-refractivity contribution >= 4 is 11.5 Å². The minimum atomic E-state index is -0.588. The second-order valence-electron chi connectivity index (χ2n) is 6.81. The predicted octanol–water partition coefficient (Wildman–Crippen LogP) is -0.406. The molecule has 0 saturated carbocycles. The van der Waals surface area contributed by atoms with Crippen LogP contribution in [-0.2, 0) is 0 Å². The molecule has 7 heteroatoms. The summed E-state index contributed by atoms with van der Waals surface area (Å²) in [5.41, 5.74) is 1.66. The Bertz CT molecular complexity index is 747. The van der Waals surface area contributed by atoms with Gasteiger partial charge in [0.25, 0.3) is 0 Å². The van der Waals surface area contributed by atoms with Crippen molar-refractivity contribution in [3.8, 4) is 5.75 Å². The number of nitrogens with zero attached hydrogens (tertiary/aromatic N) is 2. The van der Waals surface area contributed by atoms with Gasteiger partial charge in [-0.2, -0.15) is 0 Å². The SMILES string of the molecule is CC(=O)c1ccc(OCC(O)CN2CCN(c3ccc(F)cc3)CC2)cc1.[Cl-]. The topological polar surface area (TPSA) is 53.0 Å². The third kappa shape index (κ3) is 6.19. The number of carbonyl (C=O) groups is 1. The monoisotopic (exact) mass is 407 g/mol. The molecule has 0 aliphatic carbocycles. The predicted molar refractivity (Wildman–Crippen MR) is 103 cm³/mol. The molecule has 0 aromatic heterocycles. The molecular weight excluding hydrogens is 383 g/mol. The Morgan fingerprint density at radius 1 is 1.07 bits per heavy atom. The third-order valence-electron chi connectivity index (χ3n) is 4.74. The van der Waals surface area contributed by atoms with E-state index in [1.54, 1.807) is 36.4 Å². The minimum absolute atomic E-state index is 0. The van der Waals surface area contributed by atoms with E-state index in [9.17, 15) is 14.3 Å². The Kier molecular flexibility index (Phi) is 8.23. The van der Waals surface area contributed by atoms with Gasteiger partial charge in [0, 0.05) is 44.0 Å². The van der Waals surface area contributed by atoms with Gasteiger partial charge in [0.05, 0.1) is 0 Å². The first kappa shape index (κ1) is 22.1. The lowest BCUT2D eigenvalue weighted by molar-refractivity contribution is -0.0000163. The molecule has 1 heterocycles. The van der Waals surface area contributed by atoms with Crippen molar-refractivity contribution in [2.45, 2.75) is 13.0 Å². The van der Waals surface area contributed by atoms with Crippen LogP contribution in [0.5, 0.6) is 5.75 Å². The van der Waals surface area contributed by atoms with Gasteiger partial charge in [-0.3, -0.25) is 9.69 Å². The summed E-state index contributed by atoms with van der Waals surface area (Å²) < 4.78 is 18.6. The summed E-state index contributed by atoms with van der Waals surface area (Å²) in [6.45, 7) is 5.62. The lowest BCUT2D eigenvalue weighted by atomic mass is 10.1. The number of anilines is 1. The quantitative estimate of drug-likeness (QED) is 0.633. The maximum atomic E-state index is 13.0. The average Bonchev–Trinajstić information content (AvgIpc) is 2.68. The van der Waals surface area contributed by atoms with Crippen LogP contribution in [0.1, 0.15) is 17.3 Å². The van der Waals surface area contributed by atoms with Crippen LogP contribution >= 0.6 is 0 Å². The Morgan fingerprint density at radius 3 is 2.25 bits per heavy atom. The van der Waals surface area contributed by atoms with E-state index in [2.05, 4.69) is 9.80 Å². The molecular formula is C21H25ClFN2O3-. The Labute approximate surface area is 171 Å². The van der Waals surface area contributed by atoms with Crippen molar-refractivity contribution in [3.05, 3.63) is 59.9 Å². The molecule has 1 unspecified atom stereocenters. The van der Waals surface area contributed by atoms with Gasteiger partial charge in [-0.15, -0.1) is 0 Å². The summed E-state index contributed by atoms with van der Waals surface area (Å²) in [7, 11) is 0. The Hall–Kier alpha value is -2.15. The maximum Gasteiger partial charge on any atom is 0.159 e. The van der Waals surface area contributed by atoms with Crippen LogP contribution < -0.4 is 22.0 Å². The smallest absolute Gasteiger partial charge is 0.159 e. The van der Waals surface area contributed by atoms with Gasteiger partial charge >= 0.3 is 0 Å². The number of hydrogen-bond acceptors (Lipinski definition) is 5. The fourth-order valence-corrected chi connectivity index (χ4v) is 3.17. The Morgan fingerprint density at radius 2 is 1.68 bits per heavy atom. The largest absolute Gasteiger partial charge is 1.00 e. The first-order valence-electron chi connectivity index (χ1n) is 9.16. The van der Waals surface area contributed by atoms with E-state index >= 15 is 0 Å². The highest BCUT2D eigenvalue weighted by Gasteiger charge is 2.19. The standard InChI is InChI=1S/C21H25FN2O3.ClH/c1-16(25)17-2-8-21(9-3-17)27-15-20(26)14-23-10-12-24(13-11-23)19-6-4-18(22)5-7-19;/h2-9,20,26H,10-15H2,1H3;1H/p-1. The number of ketones is 1. The second kappa shape index (κ2) is 10.4. The summed E-state index contributed by atoms with van der Waals surface area (Å²) in [5.74, 6) is 0.429. The normalized spacial score (nSPS) is 15.6. The number of Topliss-reactive ketones (excluding diaryl/α,β-unsaturated/α-hetero) is 1. The van der Waals surface area contributed by atoms with Crippen LogP contribution in [0.3, 0.4) is 0 Å². The first-order chi connectivity index (χ1) is 13.0. The van der Waals surface area contributed by atoms with Crippen molar-refractivity contribution in [3.63, 3.8) is 0 Å². The van der Waals surface area contributed by atoms with Crippen molar-refractivity contribution in [1.29, 1.82) is 0 Å². The average molecular weight is 408 g/mol. The molecule has 1 saturated heterocycles. The Balaban J connectivity index is 0.00000280. The number of halogens is 2. The van der Waals surface area contributed by atoms with E-state index < -0.39 is 6.10 Å². The van der Waals surface area contributed by atoms with E-state index in [0.717, 1.165) is 31.9 Å². The number of β-amino-alcohol motifs (C(OH)–C–C–N with tert-alkyl or cyclic N) is 1. The number of piperazine rings is 1. The number of aliphatic hydroxyl groups excluding tert-OH is 1. The molecule has 5 nitrogen and oxygen atoms in total. The van der Waals surface area contributed by atoms with E-state index in [1.165, 1.54) is 19.1 Å². The zero-order chi connectivity index (χ0) is 19.2. The molecule has 1 atom stereocenters. The van der Waals surface area contributed by atoms with Crippen molar-refractivity contribution < 1.29 is 31.4 Å². The molecule has 1 fully saturated rings. The minimum Gasteiger partial charge on any atom is -1.00 e. The van der Waals surface area contributed by atoms with Gasteiger partial charge < -0.3 is 27.2 Å². The second-order valence-corrected chi connectivity index (χ2v) is 6.81.